The zero-order valence-electron chi connectivity index (χ0n) is 19.6. The Bertz CT molecular complexity index is 947. The van der Waals surface area contributed by atoms with Crippen LogP contribution in [-0.4, -0.2) is 55.3 Å². The molecule has 2 unspecified atom stereocenters. The van der Waals surface area contributed by atoms with E-state index in [4.69, 9.17) is 4.74 Å². The summed E-state index contributed by atoms with van der Waals surface area (Å²) in [6.07, 6.45) is 6.13. The summed E-state index contributed by atoms with van der Waals surface area (Å²) in [4.78, 5) is 14.1. The monoisotopic (exact) mass is 448 g/mol. The van der Waals surface area contributed by atoms with E-state index in [9.17, 15) is 9.90 Å². The molecule has 1 aliphatic heterocycles. The van der Waals surface area contributed by atoms with Gasteiger partial charge in [-0.15, -0.1) is 0 Å². The molecule has 0 spiro atoms. The summed E-state index contributed by atoms with van der Waals surface area (Å²) in [5, 5.41) is 13.5. The summed E-state index contributed by atoms with van der Waals surface area (Å²) in [7, 11) is 1.71. The number of likely N-dealkylation sites (tertiary alicyclic amines) is 1. The van der Waals surface area contributed by atoms with Crippen LogP contribution in [0.25, 0.3) is 0 Å². The second kappa shape index (κ2) is 9.11. The van der Waals surface area contributed by atoms with E-state index in [0.717, 1.165) is 57.5 Å². The first-order chi connectivity index (χ1) is 16.0. The number of benzene rings is 2. The van der Waals surface area contributed by atoms with Crippen LogP contribution >= 0.6 is 0 Å². The topological polar surface area (TPSA) is 61.8 Å². The number of hydrogen-bond acceptors (Lipinski definition) is 4. The van der Waals surface area contributed by atoms with Gasteiger partial charge >= 0.3 is 5.97 Å². The molecule has 2 atom stereocenters. The van der Waals surface area contributed by atoms with Crippen molar-refractivity contribution < 1.29 is 14.6 Å². The fraction of sp³-hybridized carbons (Fsp3) is 0.536. The molecule has 2 aromatic carbocycles. The van der Waals surface area contributed by atoms with Crippen LogP contribution in [0.15, 0.2) is 54.6 Å². The summed E-state index contributed by atoms with van der Waals surface area (Å²) < 4.78 is 5.34. The molecule has 0 amide bonds. The number of nitrogens with one attached hydrogen (secondary N) is 1. The number of methoxy groups -OCH3 is 1. The van der Waals surface area contributed by atoms with Gasteiger partial charge in [-0.3, -0.25) is 4.79 Å². The SMILES string of the molecule is COc1ccc(CC2(CNC3CC3c3ccccc3)CCN(CC3(C(=O)O)CC3)CC2)cc1. The maximum absolute atomic E-state index is 11.7. The quantitative estimate of drug-likeness (QED) is 0.567. The van der Waals surface area contributed by atoms with Gasteiger partial charge in [0.1, 0.15) is 5.75 Å². The Hall–Kier alpha value is -2.37. The van der Waals surface area contributed by atoms with Crippen molar-refractivity contribution in [2.45, 2.75) is 50.5 Å². The van der Waals surface area contributed by atoms with Crippen molar-refractivity contribution in [3.63, 3.8) is 0 Å². The molecule has 2 aromatic rings. The minimum absolute atomic E-state index is 0.203. The summed E-state index contributed by atoms with van der Waals surface area (Å²) in [6, 6.07) is 19.9. The van der Waals surface area contributed by atoms with Gasteiger partial charge in [0.05, 0.1) is 12.5 Å². The molecule has 3 aliphatic rings. The lowest BCUT2D eigenvalue weighted by Crippen LogP contribution is -2.48. The predicted molar refractivity (Wildman–Crippen MR) is 130 cm³/mol. The Morgan fingerprint density at radius 3 is 2.36 bits per heavy atom. The first-order valence-corrected chi connectivity index (χ1v) is 12.4. The molecule has 176 valence electrons. The third-order valence-electron chi connectivity index (χ3n) is 8.25. The number of nitrogens with zero attached hydrogens (tertiary/aromatic N) is 1. The van der Waals surface area contributed by atoms with E-state index in [0.29, 0.717) is 18.5 Å². The largest absolute Gasteiger partial charge is 0.497 e. The molecule has 0 aromatic heterocycles. The van der Waals surface area contributed by atoms with E-state index < -0.39 is 11.4 Å². The number of hydrogen-bond donors (Lipinski definition) is 2. The molecule has 5 nitrogen and oxygen atoms in total. The van der Waals surface area contributed by atoms with Crippen LogP contribution in [0.2, 0.25) is 0 Å². The van der Waals surface area contributed by atoms with Gasteiger partial charge in [-0.2, -0.15) is 0 Å². The Morgan fingerprint density at radius 1 is 1.06 bits per heavy atom. The van der Waals surface area contributed by atoms with Gasteiger partial charge < -0.3 is 20.1 Å². The molecule has 33 heavy (non-hydrogen) atoms. The van der Waals surface area contributed by atoms with Crippen LogP contribution in [0.3, 0.4) is 0 Å². The Morgan fingerprint density at radius 2 is 1.76 bits per heavy atom. The van der Waals surface area contributed by atoms with Crippen LogP contribution in [0, 0.1) is 10.8 Å². The van der Waals surface area contributed by atoms with Gasteiger partial charge in [-0.1, -0.05) is 42.5 Å². The minimum Gasteiger partial charge on any atom is -0.497 e. The number of piperidine rings is 1. The number of rotatable bonds is 10. The molecule has 1 saturated heterocycles. The van der Waals surface area contributed by atoms with Gasteiger partial charge in [0, 0.05) is 25.0 Å². The van der Waals surface area contributed by atoms with Crippen LogP contribution < -0.4 is 10.1 Å². The second-order valence-corrected chi connectivity index (χ2v) is 10.6. The van der Waals surface area contributed by atoms with Crippen molar-refractivity contribution in [1.82, 2.24) is 10.2 Å². The highest BCUT2D eigenvalue weighted by atomic mass is 16.5. The van der Waals surface area contributed by atoms with E-state index in [-0.39, 0.29) is 5.41 Å². The maximum atomic E-state index is 11.7. The van der Waals surface area contributed by atoms with Crippen molar-refractivity contribution in [2.24, 2.45) is 10.8 Å². The van der Waals surface area contributed by atoms with E-state index in [1.165, 1.54) is 17.5 Å². The number of carbonyl (C=O) groups is 1. The van der Waals surface area contributed by atoms with E-state index in [1.807, 2.05) is 0 Å². The normalized spacial score (nSPS) is 25.4. The molecule has 0 radical (unpaired) electrons. The van der Waals surface area contributed by atoms with Crippen molar-refractivity contribution in [1.29, 1.82) is 0 Å². The van der Waals surface area contributed by atoms with Crippen molar-refractivity contribution >= 4 is 5.97 Å². The van der Waals surface area contributed by atoms with Crippen molar-refractivity contribution in [3.8, 4) is 5.75 Å². The third-order valence-corrected chi connectivity index (χ3v) is 8.25. The third kappa shape index (κ3) is 5.10. The highest BCUT2D eigenvalue weighted by molar-refractivity contribution is 5.78. The van der Waals surface area contributed by atoms with Crippen molar-refractivity contribution in [2.75, 3.05) is 33.3 Å². The van der Waals surface area contributed by atoms with E-state index in [1.54, 1.807) is 7.11 Å². The molecule has 1 heterocycles. The first-order valence-electron chi connectivity index (χ1n) is 12.4. The smallest absolute Gasteiger partial charge is 0.310 e. The van der Waals surface area contributed by atoms with Gasteiger partial charge in [-0.25, -0.2) is 0 Å². The molecule has 2 saturated carbocycles. The van der Waals surface area contributed by atoms with Gasteiger partial charge in [0.2, 0.25) is 0 Å². The number of aliphatic carboxylic acids is 1. The average Bonchev–Trinajstić information content (AvgIpc) is 3.77. The lowest BCUT2D eigenvalue weighted by molar-refractivity contribution is -0.144. The first kappa shape index (κ1) is 22.4. The fourth-order valence-electron chi connectivity index (χ4n) is 5.63. The van der Waals surface area contributed by atoms with Crippen LogP contribution in [0.5, 0.6) is 5.75 Å². The van der Waals surface area contributed by atoms with E-state index >= 15 is 0 Å². The molecule has 0 bridgehead atoms. The Kier molecular flexibility index (Phi) is 6.19. The molecular weight excluding hydrogens is 412 g/mol. The lowest BCUT2D eigenvalue weighted by atomic mass is 9.73. The molecule has 5 rings (SSSR count). The number of carboxylic acid groups (broad SMARTS) is 1. The molecular formula is C28H36N2O3. The standard InChI is InChI=1S/C28H36N2O3/c1-33-23-9-7-21(8-10-23)18-27(19-29-25-17-24(25)22-5-3-2-4-6-22)13-15-30(16-14-27)20-28(11-12-28)26(31)32/h2-10,24-25,29H,11-20H2,1H3,(H,31,32). The minimum atomic E-state index is -0.611. The highest BCUT2D eigenvalue weighted by Crippen LogP contribution is 2.48. The van der Waals surface area contributed by atoms with Crippen LogP contribution in [0.4, 0.5) is 0 Å². The van der Waals surface area contributed by atoms with Crippen LogP contribution in [-0.2, 0) is 11.2 Å². The molecule has 2 N–H and O–H groups in total. The van der Waals surface area contributed by atoms with E-state index in [2.05, 4.69) is 64.8 Å². The number of carboxylic acids is 1. The summed E-state index contributed by atoms with van der Waals surface area (Å²) in [5.41, 5.74) is 2.53. The Balaban J connectivity index is 1.23. The number of ether oxygens (including phenoxy) is 1. The highest BCUT2D eigenvalue weighted by Gasteiger charge is 2.52. The summed E-state index contributed by atoms with van der Waals surface area (Å²) in [5.74, 6) is 0.919. The fourth-order valence-corrected chi connectivity index (χ4v) is 5.63. The molecule has 2 aliphatic carbocycles. The molecule has 5 heteroatoms. The predicted octanol–water partition coefficient (Wildman–Crippen LogP) is 4.33. The van der Waals surface area contributed by atoms with Crippen molar-refractivity contribution in [3.05, 3.63) is 65.7 Å². The van der Waals surface area contributed by atoms with Gasteiger partial charge in [0.25, 0.3) is 0 Å². The Labute approximate surface area is 197 Å². The maximum Gasteiger partial charge on any atom is 0.310 e. The van der Waals surface area contributed by atoms with Gasteiger partial charge in [0.15, 0.2) is 0 Å². The summed E-state index contributed by atoms with van der Waals surface area (Å²) in [6.45, 7) is 3.71. The second-order valence-electron chi connectivity index (χ2n) is 10.6. The lowest BCUT2D eigenvalue weighted by Gasteiger charge is -2.43. The van der Waals surface area contributed by atoms with Crippen LogP contribution in [0.1, 0.15) is 49.1 Å². The average molecular weight is 449 g/mol. The molecule has 3 fully saturated rings. The summed E-state index contributed by atoms with van der Waals surface area (Å²) >= 11 is 0. The van der Waals surface area contributed by atoms with Gasteiger partial charge in [-0.05, 0) is 80.3 Å². The zero-order chi connectivity index (χ0) is 22.9. The zero-order valence-corrected chi connectivity index (χ0v) is 19.6.